The minimum atomic E-state index is 0.348. The van der Waals surface area contributed by atoms with Crippen LogP contribution < -0.4 is 0 Å². The van der Waals surface area contributed by atoms with Gasteiger partial charge in [-0.25, -0.2) is 0 Å². The van der Waals surface area contributed by atoms with Crippen LogP contribution in [0.1, 0.15) is 39.0 Å². The zero-order valence-electron chi connectivity index (χ0n) is 8.62. The van der Waals surface area contributed by atoms with E-state index in [1.54, 1.807) is 0 Å². The molecule has 2 heteroatoms. The van der Waals surface area contributed by atoms with Gasteiger partial charge in [0.15, 0.2) is 0 Å². The molecule has 1 amide bonds. The molecule has 0 aromatic carbocycles. The summed E-state index contributed by atoms with van der Waals surface area (Å²) in [6.07, 6.45) is 5.94. The third-order valence-corrected chi connectivity index (χ3v) is 3.49. The van der Waals surface area contributed by atoms with Gasteiger partial charge in [-0.2, -0.15) is 0 Å². The smallest absolute Gasteiger partial charge is 0.225 e. The molecule has 0 radical (unpaired) electrons. The van der Waals surface area contributed by atoms with Gasteiger partial charge in [0.25, 0.3) is 0 Å². The van der Waals surface area contributed by atoms with E-state index >= 15 is 0 Å². The Bertz CT molecular complexity index is 210. The predicted molar refractivity (Wildman–Crippen MR) is 52.3 cm³/mol. The zero-order chi connectivity index (χ0) is 9.42. The van der Waals surface area contributed by atoms with Crippen molar-refractivity contribution in [1.29, 1.82) is 0 Å². The summed E-state index contributed by atoms with van der Waals surface area (Å²) in [5.74, 6) is 1.52. The fourth-order valence-corrected chi connectivity index (χ4v) is 2.36. The van der Waals surface area contributed by atoms with Crippen LogP contribution in [-0.4, -0.2) is 23.9 Å². The first kappa shape index (κ1) is 9.04. The fraction of sp³-hybridized carbons (Fsp3) is 0.909. The normalized spacial score (nSPS) is 33.4. The highest BCUT2D eigenvalue weighted by Crippen LogP contribution is 2.34. The molecule has 0 aromatic rings. The van der Waals surface area contributed by atoms with Crippen LogP contribution in [0.3, 0.4) is 0 Å². The molecule has 74 valence electrons. The van der Waals surface area contributed by atoms with Crippen LogP contribution in [0.4, 0.5) is 0 Å². The van der Waals surface area contributed by atoms with E-state index in [1.807, 2.05) is 11.9 Å². The minimum Gasteiger partial charge on any atom is -0.343 e. The lowest BCUT2D eigenvalue weighted by molar-refractivity contribution is -0.134. The number of amides is 1. The Balaban J connectivity index is 1.88. The van der Waals surface area contributed by atoms with Crippen molar-refractivity contribution in [3.05, 3.63) is 0 Å². The van der Waals surface area contributed by atoms with E-state index in [-0.39, 0.29) is 0 Å². The Morgan fingerprint density at radius 1 is 1.23 bits per heavy atom. The predicted octanol–water partition coefficient (Wildman–Crippen LogP) is 2.04. The average Bonchev–Trinajstić information content (AvgIpc) is 2.87. The standard InChI is InChI=1S/C11H19NO/c1-8-3-4-9(7-8)11(13)12(2)10-5-6-10/h8-10H,3-7H2,1-2H3. The van der Waals surface area contributed by atoms with Crippen LogP contribution in [-0.2, 0) is 4.79 Å². The van der Waals surface area contributed by atoms with Gasteiger partial charge in [0.2, 0.25) is 5.91 Å². The number of rotatable bonds is 2. The first-order valence-electron chi connectivity index (χ1n) is 5.45. The highest BCUT2D eigenvalue weighted by molar-refractivity contribution is 5.79. The van der Waals surface area contributed by atoms with Crippen LogP contribution >= 0.6 is 0 Å². The van der Waals surface area contributed by atoms with Gasteiger partial charge in [0, 0.05) is 19.0 Å². The Morgan fingerprint density at radius 2 is 1.92 bits per heavy atom. The van der Waals surface area contributed by atoms with Gasteiger partial charge in [0.1, 0.15) is 0 Å². The molecule has 2 nitrogen and oxygen atoms in total. The van der Waals surface area contributed by atoms with E-state index in [9.17, 15) is 4.79 Å². The number of nitrogens with zero attached hydrogens (tertiary/aromatic N) is 1. The van der Waals surface area contributed by atoms with E-state index in [1.165, 1.54) is 19.3 Å². The van der Waals surface area contributed by atoms with E-state index < -0.39 is 0 Å². The summed E-state index contributed by atoms with van der Waals surface area (Å²) in [4.78, 5) is 13.9. The summed E-state index contributed by atoms with van der Waals surface area (Å²) in [7, 11) is 1.98. The minimum absolute atomic E-state index is 0.348. The molecule has 2 unspecified atom stereocenters. The highest BCUT2D eigenvalue weighted by atomic mass is 16.2. The van der Waals surface area contributed by atoms with Crippen LogP contribution in [0.5, 0.6) is 0 Å². The van der Waals surface area contributed by atoms with Gasteiger partial charge < -0.3 is 4.90 Å². The van der Waals surface area contributed by atoms with Crippen LogP contribution in [0.25, 0.3) is 0 Å². The SMILES string of the molecule is CC1CCC(C(=O)N(C)C2CC2)C1. The van der Waals surface area contributed by atoms with Crippen molar-refractivity contribution in [3.63, 3.8) is 0 Å². The molecule has 0 spiro atoms. The van der Waals surface area contributed by atoms with Gasteiger partial charge in [-0.3, -0.25) is 4.79 Å². The lowest BCUT2D eigenvalue weighted by atomic mass is 10.0. The lowest BCUT2D eigenvalue weighted by Gasteiger charge is -2.20. The van der Waals surface area contributed by atoms with Crippen LogP contribution in [0, 0.1) is 11.8 Å². The summed E-state index contributed by atoms with van der Waals surface area (Å²) in [5.41, 5.74) is 0. The maximum Gasteiger partial charge on any atom is 0.225 e. The van der Waals surface area contributed by atoms with Gasteiger partial charge in [-0.1, -0.05) is 6.92 Å². The average molecular weight is 181 g/mol. The Morgan fingerprint density at radius 3 is 2.38 bits per heavy atom. The summed E-state index contributed by atoms with van der Waals surface area (Å²) >= 11 is 0. The van der Waals surface area contributed by atoms with Gasteiger partial charge in [-0.05, 0) is 38.0 Å². The van der Waals surface area contributed by atoms with Gasteiger partial charge >= 0.3 is 0 Å². The third-order valence-electron chi connectivity index (χ3n) is 3.49. The highest BCUT2D eigenvalue weighted by Gasteiger charge is 2.35. The first-order chi connectivity index (χ1) is 6.18. The number of hydrogen-bond acceptors (Lipinski definition) is 1. The van der Waals surface area contributed by atoms with E-state index in [4.69, 9.17) is 0 Å². The molecule has 0 N–H and O–H groups in total. The topological polar surface area (TPSA) is 20.3 Å². The number of carbonyl (C=O) groups excluding carboxylic acids is 1. The quantitative estimate of drug-likeness (QED) is 0.638. The monoisotopic (exact) mass is 181 g/mol. The molecule has 2 aliphatic rings. The van der Waals surface area contributed by atoms with Crippen molar-refractivity contribution in [2.75, 3.05) is 7.05 Å². The summed E-state index contributed by atoms with van der Waals surface area (Å²) in [5, 5.41) is 0. The number of hydrogen-bond donors (Lipinski definition) is 0. The molecule has 13 heavy (non-hydrogen) atoms. The van der Waals surface area contributed by atoms with Crippen molar-refractivity contribution < 1.29 is 4.79 Å². The maximum atomic E-state index is 11.9. The Hall–Kier alpha value is -0.530. The molecule has 0 heterocycles. The van der Waals surface area contributed by atoms with Crippen molar-refractivity contribution in [2.45, 2.75) is 45.1 Å². The molecule has 2 saturated carbocycles. The summed E-state index contributed by atoms with van der Waals surface area (Å²) < 4.78 is 0. The molecule has 0 saturated heterocycles. The first-order valence-corrected chi connectivity index (χ1v) is 5.45. The van der Waals surface area contributed by atoms with Crippen molar-refractivity contribution in [3.8, 4) is 0 Å². The molecule has 0 bridgehead atoms. The third kappa shape index (κ3) is 1.87. The number of carbonyl (C=O) groups is 1. The molecule has 0 aliphatic heterocycles. The van der Waals surface area contributed by atoms with Crippen molar-refractivity contribution in [1.82, 2.24) is 4.90 Å². The van der Waals surface area contributed by atoms with Gasteiger partial charge in [-0.15, -0.1) is 0 Å². The molecular formula is C11H19NO. The van der Waals surface area contributed by atoms with Crippen LogP contribution in [0.2, 0.25) is 0 Å². The van der Waals surface area contributed by atoms with E-state index in [0.29, 0.717) is 17.9 Å². The van der Waals surface area contributed by atoms with E-state index in [0.717, 1.165) is 18.8 Å². The summed E-state index contributed by atoms with van der Waals surface area (Å²) in [6, 6.07) is 0.586. The Kier molecular flexibility index (Phi) is 2.31. The fourth-order valence-electron chi connectivity index (χ4n) is 2.36. The zero-order valence-corrected chi connectivity index (χ0v) is 8.62. The molecule has 2 fully saturated rings. The Labute approximate surface area is 80.3 Å². The van der Waals surface area contributed by atoms with Crippen LogP contribution in [0.15, 0.2) is 0 Å². The maximum absolute atomic E-state index is 11.9. The molecule has 2 atom stereocenters. The molecule has 0 aromatic heterocycles. The van der Waals surface area contributed by atoms with Gasteiger partial charge in [0.05, 0.1) is 0 Å². The molecular weight excluding hydrogens is 162 g/mol. The van der Waals surface area contributed by atoms with E-state index in [2.05, 4.69) is 6.92 Å². The largest absolute Gasteiger partial charge is 0.343 e. The van der Waals surface area contributed by atoms with Crippen molar-refractivity contribution >= 4 is 5.91 Å². The summed E-state index contributed by atoms with van der Waals surface area (Å²) in [6.45, 7) is 2.25. The second-order valence-electron chi connectivity index (χ2n) is 4.80. The lowest BCUT2D eigenvalue weighted by Crippen LogP contribution is -2.33. The second kappa shape index (κ2) is 3.32. The second-order valence-corrected chi connectivity index (χ2v) is 4.80. The molecule has 2 aliphatic carbocycles. The van der Waals surface area contributed by atoms with Crippen molar-refractivity contribution in [2.24, 2.45) is 11.8 Å². The molecule has 2 rings (SSSR count).